The first-order valence-electron chi connectivity index (χ1n) is 7.15. The molecule has 0 N–H and O–H groups in total. The Labute approximate surface area is 119 Å². The van der Waals surface area contributed by atoms with Crippen LogP contribution in [0.1, 0.15) is 55.1 Å². The largest absolute Gasteiger partial charge is 0.292 e. The van der Waals surface area contributed by atoms with Gasteiger partial charge in [0.05, 0.1) is 17.8 Å². The van der Waals surface area contributed by atoms with E-state index in [0.717, 1.165) is 24.2 Å². The van der Waals surface area contributed by atoms with Gasteiger partial charge >= 0.3 is 0 Å². The van der Waals surface area contributed by atoms with Crippen LogP contribution in [0.5, 0.6) is 0 Å². The molecule has 1 atom stereocenters. The molecule has 0 saturated heterocycles. The summed E-state index contributed by atoms with van der Waals surface area (Å²) < 4.78 is 3.58. The molecule has 0 radical (unpaired) electrons. The molecule has 5 heteroatoms. The van der Waals surface area contributed by atoms with E-state index in [-0.39, 0.29) is 5.78 Å². The Hall–Kier alpha value is -1.91. The highest BCUT2D eigenvalue weighted by Gasteiger charge is 2.15. The summed E-state index contributed by atoms with van der Waals surface area (Å²) in [6, 6.07) is 4.15. The Balaban J connectivity index is 2.11. The molecule has 0 aliphatic heterocycles. The lowest BCUT2D eigenvalue weighted by Gasteiger charge is -2.08. The number of carbonyl (C=O) groups excluding carboxylic acids is 1. The minimum absolute atomic E-state index is 0.0640. The summed E-state index contributed by atoms with van der Waals surface area (Å²) in [5.74, 6) is 0.0640. The number of aromatic nitrogens is 4. The topological polar surface area (TPSA) is 52.7 Å². The molecular formula is C15H22N4O. The van der Waals surface area contributed by atoms with Crippen molar-refractivity contribution < 1.29 is 4.79 Å². The van der Waals surface area contributed by atoms with Gasteiger partial charge in [-0.25, -0.2) is 0 Å². The van der Waals surface area contributed by atoms with Crippen molar-refractivity contribution in [2.45, 2.75) is 46.1 Å². The van der Waals surface area contributed by atoms with Crippen LogP contribution in [-0.2, 0) is 19.9 Å². The van der Waals surface area contributed by atoms with E-state index >= 15 is 0 Å². The predicted octanol–water partition coefficient (Wildman–Crippen LogP) is 2.58. The fourth-order valence-corrected chi connectivity index (χ4v) is 2.12. The van der Waals surface area contributed by atoms with Gasteiger partial charge in [-0.2, -0.15) is 10.2 Å². The van der Waals surface area contributed by atoms with E-state index in [4.69, 9.17) is 0 Å². The number of carbonyl (C=O) groups is 1. The average Bonchev–Trinajstić information content (AvgIpc) is 3.04. The molecule has 0 spiro atoms. The maximum absolute atomic E-state index is 12.3. The summed E-state index contributed by atoms with van der Waals surface area (Å²) in [6.45, 7) is 6.27. The highest BCUT2D eigenvalue weighted by atomic mass is 16.1. The maximum Gasteiger partial charge on any atom is 0.186 e. The average molecular weight is 274 g/mol. The van der Waals surface area contributed by atoms with Crippen molar-refractivity contribution in [2.24, 2.45) is 7.05 Å². The Bertz CT molecular complexity index is 597. The molecule has 2 aromatic heterocycles. The lowest BCUT2D eigenvalue weighted by atomic mass is 10.1. The summed E-state index contributed by atoms with van der Waals surface area (Å²) in [6.07, 6.45) is 4.13. The van der Waals surface area contributed by atoms with Crippen molar-refractivity contribution in [1.29, 1.82) is 0 Å². The molecule has 20 heavy (non-hydrogen) atoms. The molecule has 0 amide bonds. The van der Waals surface area contributed by atoms with Crippen LogP contribution in [0.25, 0.3) is 0 Å². The van der Waals surface area contributed by atoms with Gasteiger partial charge in [0.25, 0.3) is 0 Å². The zero-order valence-electron chi connectivity index (χ0n) is 12.6. The quantitative estimate of drug-likeness (QED) is 0.761. The number of aryl methyl sites for hydroxylation is 2. The summed E-state index contributed by atoms with van der Waals surface area (Å²) in [5, 5.41) is 8.78. The van der Waals surface area contributed by atoms with Crippen LogP contribution in [0.4, 0.5) is 0 Å². The van der Waals surface area contributed by atoms with Crippen molar-refractivity contribution >= 4 is 5.78 Å². The third-order valence-corrected chi connectivity index (χ3v) is 3.63. The predicted molar refractivity (Wildman–Crippen MR) is 77.8 cm³/mol. The van der Waals surface area contributed by atoms with E-state index in [2.05, 4.69) is 24.0 Å². The van der Waals surface area contributed by atoms with Gasteiger partial charge in [0.2, 0.25) is 0 Å². The molecule has 1 unspecified atom stereocenters. The van der Waals surface area contributed by atoms with Crippen molar-refractivity contribution in [3.8, 4) is 0 Å². The second-order valence-electron chi connectivity index (χ2n) is 5.14. The van der Waals surface area contributed by atoms with Crippen LogP contribution in [0.3, 0.4) is 0 Å². The third kappa shape index (κ3) is 2.98. The van der Waals surface area contributed by atoms with Crippen molar-refractivity contribution in [2.75, 3.05) is 0 Å². The molecule has 0 saturated carbocycles. The molecule has 0 aromatic carbocycles. The first-order valence-corrected chi connectivity index (χ1v) is 7.15. The zero-order valence-corrected chi connectivity index (χ0v) is 12.6. The number of ketones is 1. The molecule has 2 rings (SSSR count). The van der Waals surface area contributed by atoms with Gasteiger partial charge in [0.15, 0.2) is 5.78 Å². The maximum atomic E-state index is 12.3. The van der Waals surface area contributed by atoms with E-state index in [9.17, 15) is 4.79 Å². The molecule has 0 fully saturated rings. The van der Waals surface area contributed by atoms with E-state index in [1.54, 1.807) is 4.68 Å². The van der Waals surface area contributed by atoms with Crippen LogP contribution in [0.15, 0.2) is 18.3 Å². The fraction of sp³-hybridized carbons (Fsp3) is 0.533. The number of nitrogens with zero attached hydrogens (tertiary/aromatic N) is 4. The molecule has 5 nitrogen and oxygen atoms in total. The SMILES string of the molecule is CCc1cc(C(=O)Cc2ccn(C(C)CC)n2)n(C)n1. The number of hydrogen-bond acceptors (Lipinski definition) is 3. The molecule has 0 bridgehead atoms. The summed E-state index contributed by atoms with van der Waals surface area (Å²) >= 11 is 0. The van der Waals surface area contributed by atoms with Crippen LogP contribution >= 0.6 is 0 Å². The molecule has 2 heterocycles. The van der Waals surface area contributed by atoms with Crippen molar-refractivity contribution in [3.05, 3.63) is 35.4 Å². The second-order valence-corrected chi connectivity index (χ2v) is 5.14. The highest BCUT2D eigenvalue weighted by molar-refractivity contribution is 5.95. The minimum Gasteiger partial charge on any atom is -0.292 e. The number of rotatable bonds is 6. The fourth-order valence-electron chi connectivity index (χ4n) is 2.12. The van der Waals surface area contributed by atoms with Gasteiger partial charge in [0.1, 0.15) is 5.69 Å². The molecule has 0 aliphatic carbocycles. The first kappa shape index (κ1) is 14.5. The van der Waals surface area contributed by atoms with E-state index in [0.29, 0.717) is 18.2 Å². The number of hydrogen-bond donors (Lipinski definition) is 0. The summed E-state index contributed by atoms with van der Waals surface area (Å²) in [7, 11) is 1.81. The van der Waals surface area contributed by atoms with Crippen LogP contribution in [-0.4, -0.2) is 25.3 Å². The van der Waals surface area contributed by atoms with Gasteiger partial charge in [-0.05, 0) is 31.9 Å². The summed E-state index contributed by atoms with van der Waals surface area (Å²) in [4.78, 5) is 12.3. The number of Topliss-reactive ketones (excluding diaryl/α,β-unsaturated/α-hetero) is 1. The van der Waals surface area contributed by atoms with Crippen LogP contribution in [0, 0.1) is 0 Å². The molecule has 108 valence electrons. The van der Waals surface area contributed by atoms with Gasteiger partial charge in [0, 0.05) is 19.3 Å². The Kier molecular flexibility index (Phi) is 4.37. The monoisotopic (exact) mass is 274 g/mol. The van der Waals surface area contributed by atoms with Gasteiger partial charge in [-0.15, -0.1) is 0 Å². The first-order chi connectivity index (χ1) is 9.55. The van der Waals surface area contributed by atoms with Crippen LogP contribution < -0.4 is 0 Å². The molecule has 2 aromatic rings. The smallest absolute Gasteiger partial charge is 0.186 e. The van der Waals surface area contributed by atoms with Crippen LogP contribution in [0.2, 0.25) is 0 Å². The van der Waals surface area contributed by atoms with E-state index in [1.165, 1.54) is 0 Å². The third-order valence-electron chi connectivity index (χ3n) is 3.63. The molecular weight excluding hydrogens is 252 g/mol. The van der Waals surface area contributed by atoms with Gasteiger partial charge in [-0.1, -0.05) is 13.8 Å². The van der Waals surface area contributed by atoms with Crippen molar-refractivity contribution in [3.63, 3.8) is 0 Å². The Morgan fingerprint density at radius 1 is 1.30 bits per heavy atom. The normalized spacial score (nSPS) is 12.6. The Morgan fingerprint density at radius 2 is 2.05 bits per heavy atom. The molecule has 0 aliphatic rings. The standard InChI is InChI=1S/C15H22N4O/c1-5-11(3)19-8-7-13(17-19)10-15(20)14-9-12(6-2)16-18(14)4/h7-9,11H,5-6,10H2,1-4H3. The lowest BCUT2D eigenvalue weighted by Crippen LogP contribution is -2.11. The summed E-state index contributed by atoms with van der Waals surface area (Å²) in [5.41, 5.74) is 2.41. The minimum atomic E-state index is 0.0640. The van der Waals surface area contributed by atoms with Gasteiger partial charge < -0.3 is 0 Å². The Morgan fingerprint density at radius 3 is 2.65 bits per heavy atom. The highest BCUT2D eigenvalue weighted by Crippen LogP contribution is 2.12. The second kappa shape index (κ2) is 6.03. The zero-order chi connectivity index (χ0) is 14.7. The van der Waals surface area contributed by atoms with Gasteiger partial charge in [-0.3, -0.25) is 14.2 Å². The van der Waals surface area contributed by atoms with E-state index < -0.39 is 0 Å². The van der Waals surface area contributed by atoms with E-state index in [1.807, 2.05) is 37.0 Å². The lowest BCUT2D eigenvalue weighted by molar-refractivity contribution is 0.0982. The van der Waals surface area contributed by atoms with Crippen molar-refractivity contribution in [1.82, 2.24) is 19.6 Å².